The highest BCUT2D eigenvalue weighted by molar-refractivity contribution is 6.29. The molecule has 0 bridgehead atoms. The smallest absolute Gasteiger partial charge is 0.239 e. The van der Waals surface area contributed by atoms with Crippen LogP contribution in [0.1, 0.15) is 24.8 Å². The minimum Gasteiger partial charge on any atom is -0.385 e. The highest BCUT2D eigenvalue weighted by atomic mass is 35.5. The summed E-state index contributed by atoms with van der Waals surface area (Å²) in [5.74, 6) is -0.185. The summed E-state index contributed by atoms with van der Waals surface area (Å²) >= 11 is 5.45. The monoisotopic (exact) mass is 269 g/mol. The van der Waals surface area contributed by atoms with Crippen LogP contribution in [0.15, 0.2) is 24.3 Å². The van der Waals surface area contributed by atoms with E-state index < -0.39 is 0 Å². The van der Waals surface area contributed by atoms with Gasteiger partial charge in [0.2, 0.25) is 5.91 Å². The largest absolute Gasteiger partial charge is 0.385 e. The van der Waals surface area contributed by atoms with Gasteiger partial charge in [0, 0.05) is 19.4 Å². The van der Waals surface area contributed by atoms with Crippen molar-refractivity contribution < 1.29 is 9.53 Å². The zero-order chi connectivity index (χ0) is 13.2. The average molecular weight is 270 g/mol. The highest BCUT2D eigenvalue weighted by Gasteiger charge is 2.01. The summed E-state index contributed by atoms with van der Waals surface area (Å²) in [7, 11) is 1.73. The second-order valence-electron chi connectivity index (χ2n) is 4.19. The Morgan fingerprint density at radius 2 is 2.17 bits per heavy atom. The molecule has 0 aromatic heterocycles. The summed E-state index contributed by atoms with van der Waals surface area (Å²) in [5.41, 5.74) is 2.05. The maximum atomic E-state index is 11.2. The van der Waals surface area contributed by atoms with E-state index in [9.17, 15) is 4.79 Å². The molecule has 4 heteroatoms. The molecule has 1 amide bonds. The third-order valence-corrected chi connectivity index (χ3v) is 2.89. The van der Waals surface area contributed by atoms with Gasteiger partial charge in [0.05, 0.1) is 0 Å². The van der Waals surface area contributed by atoms with Crippen LogP contribution in [0.5, 0.6) is 0 Å². The van der Waals surface area contributed by atoms with Crippen LogP contribution in [-0.4, -0.2) is 25.5 Å². The number of carbonyl (C=O) groups excluding carboxylic acids is 1. The fraction of sp³-hybridized carbons (Fsp3) is 0.500. The van der Waals surface area contributed by atoms with Crippen LogP contribution in [0.2, 0.25) is 0 Å². The van der Waals surface area contributed by atoms with Crippen LogP contribution in [0.4, 0.5) is 5.69 Å². The highest BCUT2D eigenvalue weighted by Crippen LogP contribution is 2.13. The van der Waals surface area contributed by atoms with Gasteiger partial charge >= 0.3 is 0 Å². The Kier molecular flexibility index (Phi) is 7.46. The third kappa shape index (κ3) is 6.03. The van der Waals surface area contributed by atoms with E-state index in [2.05, 4.69) is 11.4 Å². The molecule has 0 atom stereocenters. The normalized spacial score (nSPS) is 10.3. The van der Waals surface area contributed by atoms with Gasteiger partial charge in [-0.2, -0.15) is 0 Å². The van der Waals surface area contributed by atoms with Gasteiger partial charge in [-0.25, -0.2) is 0 Å². The van der Waals surface area contributed by atoms with Gasteiger partial charge in [0.15, 0.2) is 0 Å². The van der Waals surface area contributed by atoms with E-state index in [-0.39, 0.29) is 11.8 Å². The molecule has 1 aromatic rings. The summed E-state index contributed by atoms with van der Waals surface area (Å²) < 4.78 is 5.01. The third-order valence-electron chi connectivity index (χ3n) is 2.65. The molecular weight excluding hydrogens is 250 g/mol. The lowest BCUT2D eigenvalue weighted by Gasteiger charge is -2.06. The summed E-state index contributed by atoms with van der Waals surface area (Å²) in [5, 5.41) is 2.75. The van der Waals surface area contributed by atoms with E-state index in [1.807, 2.05) is 18.2 Å². The van der Waals surface area contributed by atoms with E-state index in [1.54, 1.807) is 7.11 Å². The number of aryl methyl sites for hydroxylation is 1. The summed E-state index contributed by atoms with van der Waals surface area (Å²) in [6.45, 7) is 0.825. The van der Waals surface area contributed by atoms with Crippen LogP contribution < -0.4 is 5.32 Å². The van der Waals surface area contributed by atoms with Crippen LogP contribution in [0, 0.1) is 0 Å². The van der Waals surface area contributed by atoms with E-state index in [0.717, 1.165) is 38.0 Å². The van der Waals surface area contributed by atoms with Crippen molar-refractivity contribution in [2.24, 2.45) is 0 Å². The lowest BCUT2D eigenvalue weighted by molar-refractivity contribution is -0.113. The Morgan fingerprint density at radius 1 is 1.33 bits per heavy atom. The van der Waals surface area contributed by atoms with Gasteiger partial charge in [0.25, 0.3) is 0 Å². The number of unbranched alkanes of at least 4 members (excludes halogenated alkanes) is 2. The van der Waals surface area contributed by atoms with Crippen LogP contribution in [0.25, 0.3) is 0 Å². The second-order valence-corrected chi connectivity index (χ2v) is 4.45. The lowest BCUT2D eigenvalue weighted by atomic mass is 10.1. The first-order valence-electron chi connectivity index (χ1n) is 6.20. The summed E-state index contributed by atoms with van der Waals surface area (Å²) in [6, 6.07) is 7.90. The van der Waals surface area contributed by atoms with Crippen LogP contribution >= 0.6 is 11.6 Å². The first-order chi connectivity index (χ1) is 8.76. The number of benzene rings is 1. The number of ether oxygens (including phenoxy) is 1. The van der Waals surface area contributed by atoms with Crippen molar-refractivity contribution in [1.82, 2.24) is 0 Å². The van der Waals surface area contributed by atoms with Gasteiger partial charge in [-0.1, -0.05) is 18.6 Å². The molecule has 1 rings (SSSR count). The average Bonchev–Trinajstić information content (AvgIpc) is 2.39. The molecule has 1 aromatic carbocycles. The molecule has 1 N–H and O–H groups in total. The summed E-state index contributed by atoms with van der Waals surface area (Å²) in [6.07, 6.45) is 4.41. The quantitative estimate of drug-likeness (QED) is 0.581. The summed E-state index contributed by atoms with van der Waals surface area (Å²) in [4.78, 5) is 11.2. The second kappa shape index (κ2) is 8.95. The number of halogens is 1. The molecule has 0 aliphatic heterocycles. The molecule has 0 aliphatic rings. The van der Waals surface area contributed by atoms with Crippen molar-refractivity contribution in [3.63, 3.8) is 0 Å². The molecule has 0 aliphatic carbocycles. The van der Waals surface area contributed by atoms with E-state index in [0.29, 0.717) is 0 Å². The molecule has 0 radical (unpaired) electrons. The number of nitrogens with one attached hydrogen (secondary N) is 1. The van der Waals surface area contributed by atoms with Crippen molar-refractivity contribution in [3.8, 4) is 0 Å². The van der Waals surface area contributed by atoms with E-state index >= 15 is 0 Å². The maximum absolute atomic E-state index is 11.2. The lowest BCUT2D eigenvalue weighted by Crippen LogP contribution is -2.12. The number of alkyl halides is 1. The van der Waals surface area contributed by atoms with Gasteiger partial charge in [-0.15, -0.1) is 11.6 Å². The standard InChI is InChI=1S/C14H20ClNO2/c1-18-9-4-2-3-6-12-7-5-8-13(10-12)16-14(17)11-15/h5,7-8,10H,2-4,6,9,11H2,1H3,(H,16,17). The number of hydrogen-bond donors (Lipinski definition) is 1. The minimum atomic E-state index is -0.172. The molecule has 3 nitrogen and oxygen atoms in total. The minimum absolute atomic E-state index is 0.0127. The molecule has 100 valence electrons. The Hall–Kier alpha value is -1.06. The van der Waals surface area contributed by atoms with Crippen LogP contribution in [-0.2, 0) is 16.0 Å². The van der Waals surface area contributed by atoms with Gasteiger partial charge in [-0.3, -0.25) is 4.79 Å². The molecule has 18 heavy (non-hydrogen) atoms. The Morgan fingerprint density at radius 3 is 2.89 bits per heavy atom. The first kappa shape index (κ1) is 15.0. The molecule has 0 saturated heterocycles. The predicted octanol–water partition coefficient (Wildman–Crippen LogP) is 3.22. The van der Waals surface area contributed by atoms with Crippen molar-refractivity contribution >= 4 is 23.2 Å². The van der Waals surface area contributed by atoms with Crippen molar-refractivity contribution in [1.29, 1.82) is 0 Å². The first-order valence-corrected chi connectivity index (χ1v) is 6.73. The Labute approximate surface area is 113 Å². The van der Waals surface area contributed by atoms with Crippen molar-refractivity contribution in [2.75, 3.05) is 24.9 Å². The number of rotatable bonds is 8. The zero-order valence-corrected chi connectivity index (χ0v) is 11.5. The van der Waals surface area contributed by atoms with Crippen molar-refractivity contribution in [3.05, 3.63) is 29.8 Å². The fourth-order valence-corrected chi connectivity index (χ4v) is 1.82. The fourth-order valence-electron chi connectivity index (χ4n) is 1.75. The van der Waals surface area contributed by atoms with Crippen LogP contribution in [0.3, 0.4) is 0 Å². The molecule has 0 spiro atoms. The zero-order valence-electron chi connectivity index (χ0n) is 10.7. The SMILES string of the molecule is COCCCCCc1cccc(NC(=O)CCl)c1. The number of hydrogen-bond acceptors (Lipinski definition) is 2. The number of methoxy groups -OCH3 is 1. The maximum Gasteiger partial charge on any atom is 0.239 e. The number of carbonyl (C=O) groups is 1. The predicted molar refractivity (Wildman–Crippen MR) is 75.2 cm³/mol. The Balaban J connectivity index is 2.37. The molecular formula is C14H20ClNO2. The molecule has 0 heterocycles. The molecule has 0 saturated carbocycles. The van der Waals surface area contributed by atoms with Gasteiger partial charge < -0.3 is 10.1 Å². The van der Waals surface area contributed by atoms with Gasteiger partial charge in [0.1, 0.15) is 5.88 Å². The van der Waals surface area contributed by atoms with Gasteiger partial charge in [-0.05, 0) is 37.0 Å². The Bertz CT molecular complexity index is 369. The number of amides is 1. The number of anilines is 1. The van der Waals surface area contributed by atoms with E-state index in [1.165, 1.54) is 5.56 Å². The topological polar surface area (TPSA) is 38.3 Å². The molecule has 0 fully saturated rings. The molecule has 0 unspecified atom stereocenters. The van der Waals surface area contributed by atoms with E-state index in [4.69, 9.17) is 16.3 Å². The van der Waals surface area contributed by atoms with Crippen molar-refractivity contribution in [2.45, 2.75) is 25.7 Å².